The van der Waals surface area contributed by atoms with Crippen molar-refractivity contribution in [3.05, 3.63) is 52.0 Å². The molecule has 1 aromatic carbocycles. The van der Waals surface area contributed by atoms with Crippen LogP contribution in [-0.2, 0) is 19.1 Å². The SMILES string of the molecule is CO[C@@]1(NC(=O)CP)C(=O)N2C(C(=O)O)=C(COc3ccc4ccc(=O)oc4c3)C3(CC3)S[C@@H]21. The number of methoxy groups -OCH3 is 1. The number of carbonyl (C=O) groups excluding carboxylic acids is 2. The van der Waals surface area contributed by atoms with Crippen molar-refractivity contribution >= 4 is 49.8 Å². The standard InChI is InChI=1S/C22H21N2O8PS/c1-30-22(23-15(25)10-33)19(29)24-17(18(27)28)13(21(6-7-21)34-20(22)24)9-31-12-4-2-11-3-5-16(26)32-14(11)8-12/h2-5,8,20H,6-7,9-10,33H2,1H3,(H,23,25)(H,27,28)/t20-,22+/m1/s1. The Morgan fingerprint density at radius 3 is 2.68 bits per heavy atom. The zero-order valence-electron chi connectivity index (χ0n) is 18.0. The largest absolute Gasteiger partial charge is 0.489 e. The normalized spacial score (nSPS) is 24.6. The van der Waals surface area contributed by atoms with Crippen molar-refractivity contribution in [1.29, 1.82) is 0 Å². The van der Waals surface area contributed by atoms with Gasteiger partial charge in [0.1, 0.15) is 29.0 Å². The lowest BCUT2D eigenvalue weighted by atomic mass is 9.96. The number of fused-ring (bicyclic) bond motifs is 2. The number of amides is 2. The summed E-state index contributed by atoms with van der Waals surface area (Å²) in [4.78, 5) is 50.2. The van der Waals surface area contributed by atoms with Crippen LogP contribution in [-0.4, -0.2) is 63.5 Å². The number of hydrogen-bond donors (Lipinski definition) is 2. The maximum Gasteiger partial charge on any atom is 0.352 e. The molecule has 3 heterocycles. The molecule has 2 fully saturated rings. The lowest BCUT2D eigenvalue weighted by molar-refractivity contribution is -0.192. The summed E-state index contributed by atoms with van der Waals surface area (Å²) >= 11 is 1.40. The molecule has 1 saturated carbocycles. The molecule has 1 saturated heterocycles. The highest BCUT2D eigenvalue weighted by molar-refractivity contribution is 8.02. The van der Waals surface area contributed by atoms with Crippen molar-refractivity contribution in [3.8, 4) is 5.75 Å². The summed E-state index contributed by atoms with van der Waals surface area (Å²) in [5, 5.41) is 12.7. The quantitative estimate of drug-likeness (QED) is 0.247. The number of hydrogen-bond acceptors (Lipinski definition) is 8. The Bertz CT molecular complexity index is 1320. The topological polar surface area (TPSA) is 135 Å². The molecule has 0 bridgehead atoms. The van der Waals surface area contributed by atoms with Gasteiger partial charge in [-0.2, -0.15) is 0 Å². The number of β-lactam (4-membered cyclic amide) rings is 1. The van der Waals surface area contributed by atoms with E-state index >= 15 is 0 Å². The molecule has 2 amide bonds. The molecule has 1 spiro atoms. The molecule has 34 heavy (non-hydrogen) atoms. The van der Waals surface area contributed by atoms with Gasteiger partial charge >= 0.3 is 11.6 Å². The van der Waals surface area contributed by atoms with Gasteiger partial charge in [-0.1, -0.05) is 0 Å². The number of carboxylic acid groups (broad SMARTS) is 1. The van der Waals surface area contributed by atoms with E-state index in [0.717, 1.165) is 5.39 Å². The van der Waals surface area contributed by atoms with Crippen LogP contribution in [0.25, 0.3) is 11.0 Å². The van der Waals surface area contributed by atoms with Gasteiger partial charge in [0.15, 0.2) is 0 Å². The maximum absolute atomic E-state index is 13.1. The van der Waals surface area contributed by atoms with Crippen LogP contribution in [0.4, 0.5) is 0 Å². The average molecular weight is 504 g/mol. The molecule has 5 rings (SSSR count). The van der Waals surface area contributed by atoms with Crippen LogP contribution in [0, 0.1) is 0 Å². The molecule has 2 N–H and O–H groups in total. The number of ether oxygens (including phenoxy) is 2. The molecule has 3 atom stereocenters. The number of carboxylic acids is 1. The summed E-state index contributed by atoms with van der Waals surface area (Å²) in [5.74, 6) is -1.90. The second kappa shape index (κ2) is 8.11. The fraction of sp³-hybridized carbons (Fsp3) is 0.364. The van der Waals surface area contributed by atoms with Gasteiger partial charge in [-0.3, -0.25) is 14.5 Å². The second-order valence-corrected chi connectivity index (χ2v) is 10.1. The molecule has 0 radical (unpaired) electrons. The highest BCUT2D eigenvalue weighted by atomic mass is 32.2. The average Bonchev–Trinajstić information content (AvgIpc) is 3.60. The number of carbonyl (C=O) groups is 3. The molecule has 2 aromatic rings. The number of benzene rings is 1. The summed E-state index contributed by atoms with van der Waals surface area (Å²) in [7, 11) is 3.60. The predicted molar refractivity (Wildman–Crippen MR) is 125 cm³/mol. The number of nitrogens with one attached hydrogen (secondary N) is 1. The summed E-state index contributed by atoms with van der Waals surface area (Å²) in [5.41, 5.74) is -1.41. The van der Waals surface area contributed by atoms with Gasteiger partial charge in [0.25, 0.3) is 11.6 Å². The van der Waals surface area contributed by atoms with Crippen LogP contribution in [0.1, 0.15) is 12.8 Å². The fourth-order valence-corrected chi connectivity index (χ4v) is 6.26. The van der Waals surface area contributed by atoms with Crippen molar-refractivity contribution in [2.24, 2.45) is 0 Å². The first-order valence-corrected chi connectivity index (χ1v) is 12.2. The molecule has 1 unspecified atom stereocenters. The van der Waals surface area contributed by atoms with Crippen molar-refractivity contribution in [1.82, 2.24) is 10.2 Å². The van der Waals surface area contributed by atoms with E-state index in [9.17, 15) is 24.3 Å². The third-order valence-electron chi connectivity index (χ3n) is 6.25. The van der Waals surface area contributed by atoms with Gasteiger partial charge < -0.3 is 24.3 Å². The van der Waals surface area contributed by atoms with Gasteiger partial charge in [0.2, 0.25) is 5.91 Å². The first-order chi connectivity index (χ1) is 16.2. The Morgan fingerprint density at radius 2 is 2.03 bits per heavy atom. The first-order valence-electron chi connectivity index (χ1n) is 10.5. The fourth-order valence-electron chi connectivity index (χ4n) is 4.37. The van der Waals surface area contributed by atoms with Crippen molar-refractivity contribution in [2.75, 3.05) is 19.9 Å². The third-order valence-corrected chi connectivity index (χ3v) is 8.49. The molecule has 1 aromatic heterocycles. The van der Waals surface area contributed by atoms with Crippen LogP contribution in [0.2, 0.25) is 0 Å². The van der Waals surface area contributed by atoms with E-state index in [4.69, 9.17) is 13.9 Å². The lowest BCUT2D eigenvalue weighted by Crippen LogP contribution is -2.81. The van der Waals surface area contributed by atoms with E-state index in [2.05, 4.69) is 14.6 Å². The summed E-state index contributed by atoms with van der Waals surface area (Å²) in [6.07, 6.45) is 1.48. The third kappa shape index (κ3) is 3.41. The molecule has 178 valence electrons. The monoisotopic (exact) mass is 504 g/mol. The molecule has 3 aliphatic rings. The van der Waals surface area contributed by atoms with Gasteiger partial charge in [0, 0.05) is 41.1 Å². The zero-order chi connectivity index (χ0) is 24.3. The van der Waals surface area contributed by atoms with Gasteiger partial charge in [-0.15, -0.1) is 21.0 Å². The number of rotatable bonds is 7. The molecule has 10 nitrogen and oxygen atoms in total. The Kier molecular flexibility index (Phi) is 5.46. The first kappa shape index (κ1) is 22.9. The molecule has 1 aliphatic carbocycles. The van der Waals surface area contributed by atoms with E-state index in [1.54, 1.807) is 24.3 Å². The summed E-state index contributed by atoms with van der Waals surface area (Å²) < 4.78 is 16.0. The lowest BCUT2D eigenvalue weighted by Gasteiger charge is -2.57. The predicted octanol–water partition coefficient (Wildman–Crippen LogP) is 1.29. The van der Waals surface area contributed by atoms with Crippen LogP contribution in [0.15, 0.2) is 50.8 Å². The zero-order valence-corrected chi connectivity index (χ0v) is 20.0. The van der Waals surface area contributed by atoms with Crippen molar-refractivity contribution in [2.45, 2.75) is 28.7 Å². The maximum atomic E-state index is 13.1. The Hall–Kier alpha value is -2.88. The highest BCUT2D eigenvalue weighted by Gasteiger charge is 2.71. The molecule has 2 aliphatic heterocycles. The minimum Gasteiger partial charge on any atom is -0.489 e. The summed E-state index contributed by atoms with van der Waals surface area (Å²) in [6, 6.07) is 7.97. The van der Waals surface area contributed by atoms with Crippen molar-refractivity contribution in [3.63, 3.8) is 0 Å². The van der Waals surface area contributed by atoms with Crippen molar-refractivity contribution < 1.29 is 33.4 Å². The minimum atomic E-state index is -1.61. The van der Waals surface area contributed by atoms with E-state index in [0.29, 0.717) is 29.7 Å². The van der Waals surface area contributed by atoms with Crippen LogP contribution in [0.5, 0.6) is 5.75 Å². The Balaban J connectivity index is 1.47. The van der Waals surface area contributed by atoms with E-state index < -0.39 is 39.3 Å². The Labute approximate surface area is 199 Å². The highest BCUT2D eigenvalue weighted by Crippen LogP contribution is 2.64. The molecule has 12 heteroatoms. The van der Waals surface area contributed by atoms with E-state index in [1.807, 2.05) is 0 Å². The van der Waals surface area contributed by atoms with Gasteiger partial charge in [-0.25, -0.2) is 9.59 Å². The van der Waals surface area contributed by atoms with Gasteiger partial charge in [-0.05, 0) is 31.0 Å². The Morgan fingerprint density at radius 1 is 1.29 bits per heavy atom. The number of aliphatic carboxylic acids is 1. The van der Waals surface area contributed by atoms with Gasteiger partial charge in [0.05, 0.1) is 0 Å². The second-order valence-electron chi connectivity index (χ2n) is 8.21. The number of thioether (sulfide) groups is 1. The molecular weight excluding hydrogens is 483 g/mol. The van der Waals surface area contributed by atoms with Crippen LogP contribution in [0.3, 0.4) is 0 Å². The number of nitrogens with zero attached hydrogens (tertiary/aromatic N) is 1. The van der Waals surface area contributed by atoms with E-state index in [-0.39, 0.29) is 18.5 Å². The van der Waals surface area contributed by atoms with Crippen LogP contribution < -0.4 is 15.7 Å². The minimum absolute atomic E-state index is 0.0638. The summed E-state index contributed by atoms with van der Waals surface area (Å²) in [6.45, 7) is -0.0638. The van der Waals surface area contributed by atoms with E-state index in [1.165, 1.54) is 29.8 Å². The van der Waals surface area contributed by atoms with Crippen LogP contribution >= 0.6 is 21.0 Å². The smallest absolute Gasteiger partial charge is 0.352 e. The molecular formula is C22H21N2O8PS.